The van der Waals surface area contributed by atoms with E-state index in [0.717, 1.165) is 48.0 Å². The third-order valence-electron chi connectivity index (χ3n) is 9.02. The molecule has 12 heteroatoms. The Balaban J connectivity index is 1.00. The number of imide groups is 2. The van der Waals surface area contributed by atoms with E-state index in [1.807, 2.05) is 24.4 Å². The van der Waals surface area contributed by atoms with Crippen molar-refractivity contribution in [2.24, 2.45) is 5.73 Å². The lowest BCUT2D eigenvalue weighted by atomic mass is 9.89. The summed E-state index contributed by atoms with van der Waals surface area (Å²) >= 11 is 0. The molecule has 3 aromatic carbocycles. The highest BCUT2D eigenvalue weighted by atomic mass is 19.1. The molecule has 0 radical (unpaired) electrons. The molecule has 1 aromatic heterocycles. The maximum Gasteiger partial charge on any atom is 0.262 e. The average molecular weight is 609 g/mol. The van der Waals surface area contributed by atoms with Crippen molar-refractivity contribution in [1.29, 1.82) is 0 Å². The van der Waals surface area contributed by atoms with Gasteiger partial charge < -0.3 is 5.73 Å². The van der Waals surface area contributed by atoms with Crippen molar-refractivity contribution in [1.82, 2.24) is 24.9 Å². The van der Waals surface area contributed by atoms with E-state index in [-0.39, 0.29) is 30.5 Å². The summed E-state index contributed by atoms with van der Waals surface area (Å²) in [5, 5.41) is 7.56. The molecule has 3 N–H and O–H groups in total. The van der Waals surface area contributed by atoms with Crippen LogP contribution in [0.4, 0.5) is 4.39 Å². The van der Waals surface area contributed by atoms with E-state index in [4.69, 9.17) is 5.73 Å². The van der Waals surface area contributed by atoms with Crippen molar-refractivity contribution in [2.75, 3.05) is 13.1 Å². The predicted octanol–water partition coefficient (Wildman–Crippen LogP) is 3.04. The molecule has 2 saturated heterocycles. The number of nitrogens with two attached hydrogens (primary N) is 1. The number of nitrogens with one attached hydrogen (secondary N) is 1. The van der Waals surface area contributed by atoms with Gasteiger partial charge in [-0.1, -0.05) is 24.3 Å². The Morgan fingerprint density at radius 3 is 2.36 bits per heavy atom. The van der Waals surface area contributed by atoms with Gasteiger partial charge in [0.1, 0.15) is 17.4 Å². The fraction of sp³-hybridized carbons (Fsp3) is 0.273. The lowest BCUT2D eigenvalue weighted by Crippen LogP contribution is -2.54. The maximum absolute atomic E-state index is 15.2. The van der Waals surface area contributed by atoms with Crippen LogP contribution in [0.1, 0.15) is 73.8 Å². The normalized spacial score (nSPS) is 19.3. The van der Waals surface area contributed by atoms with Gasteiger partial charge in [0.05, 0.1) is 22.4 Å². The second kappa shape index (κ2) is 11.0. The van der Waals surface area contributed by atoms with E-state index >= 15 is 4.39 Å². The number of carbonyl (C=O) groups is 5. The molecule has 0 bridgehead atoms. The number of carbonyl (C=O) groups excluding carboxylic acids is 5. The zero-order valence-corrected chi connectivity index (χ0v) is 24.2. The van der Waals surface area contributed by atoms with Crippen LogP contribution < -0.4 is 11.1 Å². The van der Waals surface area contributed by atoms with Crippen LogP contribution in [0, 0.1) is 5.82 Å². The molecule has 1 unspecified atom stereocenters. The van der Waals surface area contributed by atoms with E-state index in [0.29, 0.717) is 22.6 Å². The molecule has 0 saturated carbocycles. The Kier molecular flexibility index (Phi) is 7.00. The van der Waals surface area contributed by atoms with Crippen LogP contribution in [0.2, 0.25) is 0 Å². The van der Waals surface area contributed by atoms with E-state index in [1.54, 1.807) is 16.8 Å². The zero-order valence-electron chi connectivity index (χ0n) is 24.2. The van der Waals surface area contributed by atoms with Crippen molar-refractivity contribution in [3.8, 4) is 5.69 Å². The van der Waals surface area contributed by atoms with Gasteiger partial charge in [-0.15, -0.1) is 0 Å². The first-order valence-corrected chi connectivity index (χ1v) is 14.8. The second-order valence-electron chi connectivity index (χ2n) is 11.8. The molecule has 1 atom stereocenters. The molecule has 3 aliphatic heterocycles. The van der Waals surface area contributed by atoms with Crippen LogP contribution in [0.15, 0.2) is 60.8 Å². The van der Waals surface area contributed by atoms with Crippen molar-refractivity contribution < 1.29 is 28.4 Å². The van der Waals surface area contributed by atoms with Gasteiger partial charge in [-0.3, -0.25) is 39.1 Å². The van der Waals surface area contributed by atoms with Crippen molar-refractivity contribution in [3.05, 3.63) is 94.4 Å². The minimum atomic E-state index is -1.09. The number of hydrogen-bond acceptors (Lipinski definition) is 7. The van der Waals surface area contributed by atoms with Crippen LogP contribution in [-0.4, -0.2) is 68.2 Å². The number of piperidine rings is 2. The summed E-state index contributed by atoms with van der Waals surface area (Å²) in [4.78, 5) is 64.8. The molecule has 4 aromatic rings. The predicted molar refractivity (Wildman–Crippen MR) is 160 cm³/mol. The number of likely N-dealkylation sites (tertiary alicyclic amines) is 1. The third kappa shape index (κ3) is 5.06. The van der Waals surface area contributed by atoms with E-state index in [1.165, 1.54) is 11.6 Å². The first kappa shape index (κ1) is 28.5. The minimum absolute atomic E-state index is 0.0182. The van der Waals surface area contributed by atoms with Crippen molar-refractivity contribution >= 4 is 40.4 Å². The van der Waals surface area contributed by atoms with Gasteiger partial charge in [-0.2, -0.15) is 5.10 Å². The number of primary amides is 1. The summed E-state index contributed by atoms with van der Waals surface area (Å²) in [7, 11) is 0. The monoisotopic (exact) mass is 608 g/mol. The molecule has 5 amide bonds. The fourth-order valence-electron chi connectivity index (χ4n) is 6.60. The molecule has 0 spiro atoms. The zero-order chi connectivity index (χ0) is 31.4. The van der Waals surface area contributed by atoms with Crippen molar-refractivity contribution in [3.63, 3.8) is 0 Å². The Hall–Kier alpha value is -5.23. The smallest absolute Gasteiger partial charge is 0.262 e. The minimum Gasteiger partial charge on any atom is -0.366 e. The van der Waals surface area contributed by atoms with E-state index in [2.05, 4.69) is 27.4 Å². The number of aromatic nitrogens is 2. The summed E-state index contributed by atoms with van der Waals surface area (Å²) in [6.07, 6.45) is 3.65. The number of hydrogen-bond donors (Lipinski definition) is 2. The number of benzene rings is 3. The van der Waals surface area contributed by atoms with Gasteiger partial charge >= 0.3 is 0 Å². The number of rotatable bonds is 6. The molecule has 228 valence electrons. The summed E-state index contributed by atoms with van der Waals surface area (Å²) in [6.45, 7) is 1.72. The molecule has 0 aliphatic carbocycles. The second-order valence-corrected chi connectivity index (χ2v) is 11.8. The largest absolute Gasteiger partial charge is 0.366 e. The molecule has 7 rings (SSSR count). The summed E-state index contributed by atoms with van der Waals surface area (Å²) < 4.78 is 16.9. The van der Waals surface area contributed by atoms with Crippen LogP contribution in [0.3, 0.4) is 0 Å². The van der Waals surface area contributed by atoms with Gasteiger partial charge in [0, 0.05) is 30.1 Å². The molecule has 2 fully saturated rings. The van der Waals surface area contributed by atoms with Gasteiger partial charge in [-0.25, -0.2) is 9.07 Å². The molecular formula is C33H29FN6O5. The average Bonchev–Trinajstić information content (AvgIpc) is 3.57. The van der Waals surface area contributed by atoms with E-state index in [9.17, 15) is 24.0 Å². The summed E-state index contributed by atoms with van der Waals surface area (Å²) in [5.41, 5.74) is 8.81. The molecule has 4 heterocycles. The highest BCUT2D eigenvalue weighted by Crippen LogP contribution is 2.33. The SMILES string of the molecule is NC(=O)c1cccc2cn(-c3ccc(C4CCN(Cc5cc6c(cc5F)C(=O)N(C5CCC(=O)NC5=O)C6=O)CC4)cc3)nc12. The lowest BCUT2D eigenvalue weighted by Gasteiger charge is -2.32. The first-order chi connectivity index (χ1) is 21.7. The fourth-order valence-corrected chi connectivity index (χ4v) is 6.60. The lowest BCUT2D eigenvalue weighted by molar-refractivity contribution is -0.136. The Morgan fingerprint density at radius 1 is 0.956 bits per heavy atom. The maximum atomic E-state index is 15.2. The van der Waals surface area contributed by atoms with Crippen LogP contribution in [0.25, 0.3) is 16.6 Å². The van der Waals surface area contributed by atoms with E-state index < -0.39 is 41.4 Å². The Bertz CT molecular complexity index is 1910. The van der Waals surface area contributed by atoms with Crippen LogP contribution in [0.5, 0.6) is 0 Å². The van der Waals surface area contributed by atoms with Gasteiger partial charge in [-0.05, 0) is 74.2 Å². The van der Waals surface area contributed by atoms with Crippen LogP contribution >= 0.6 is 0 Å². The quantitative estimate of drug-likeness (QED) is 0.320. The molecule has 45 heavy (non-hydrogen) atoms. The van der Waals surface area contributed by atoms with Gasteiger partial charge in [0.2, 0.25) is 11.8 Å². The van der Waals surface area contributed by atoms with Crippen LogP contribution in [-0.2, 0) is 16.1 Å². The molecule has 3 aliphatic rings. The van der Waals surface area contributed by atoms with Crippen molar-refractivity contribution in [2.45, 2.75) is 44.2 Å². The highest BCUT2D eigenvalue weighted by molar-refractivity contribution is 6.23. The number of amides is 5. The van der Waals surface area contributed by atoms with Gasteiger partial charge in [0.15, 0.2) is 0 Å². The number of fused-ring (bicyclic) bond motifs is 2. The topological polar surface area (TPSA) is 148 Å². The number of halogens is 1. The summed E-state index contributed by atoms with van der Waals surface area (Å²) in [5.74, 6) is -3.31. The molecule has 11 nitrogen and oxygen atoms in total. The Morgan fingerprint density at radius 2 is 1.67 bits per heavy atom. The molecular weight excluding hydrogens is 579 g/mol. The standard InChI is InChI=1S/C33H29FN6O5/c34-26-15-25-24(32(44)40(33(25)45)27-8-9-28(41)36-31(27)43)14-21(26)16-38-12-10-19(11-13-38)18-4-6-22(7-5-18)39-17-20-2-1-3-23(30(35)42)29(20)37-39/h1-7,14-15,17,19,27H,8-13,16H2,(H2,35,42)(H,36,41,43). The third-order valence-corrected chi connectivity index (χ3v) is 9.02. The summed E-state index contributed by atoms with van der Waals surface area (Å²) in [6, 6.07) is 14.9. The Labute approximate surface area is 256 Å². The highest BCUT2D eigenvalue weighted by Gasteiger charge is 2.45. The number of nitrogens with zero attached hydrogens (tertiary/aromatic N) is 4. The first-order valence-electron chi connectivity index (χ1n) is 14.8. The van der Waals surface area contributed by atoms with Gasteiger partial charge in [0.25, 0.3) is 17.7 Å².